The molecular formula is C17H15N6O+. The highest BCUT2D eigenvalue weighted by Gasteiger charge is 2.07. The van der Waals surface area contributed by atoms with E-state index in [-0.39, 0.29) is 0 Å². The average Bonchev–Trinajstić information content (AvgIpc) is 3.09. The van der Waals surface area contributed by atoms with Crippen molar-refractivity contribution in [2.45, 2.75) is 0 Å². The van der Waals surface area contributed by atoms with Crippen molar-refractivity contribution in [3.05, 3.63) is 60.4 Å². The van der Waals surface area contributed by atoms with Crippen LogP contribution in [0.5, 0.6) is 5.75 Å². The number of hydrogen-bond acceptors (Lipinski definition) is 5. The van der Waals surface area contributed by atoms with Crippen LogP contribution in [-0.4, -0.2) is 28.6 Å². The third-order valence-electron chi connectivity index (χ3n) is 3.72. The minimum Gasteiger partial charge on any atom is -0.496 e. The highest BCUT2D eigenvalue weighted by molar-refractivity contribution is 6.02. The van der Waals surface area contributed by atoms with Crippen LogP contribution in [0.3, 0.4) is 0 Å². The Morgan fingerprint density at radius 1 is 1.17 bits per heavy atom. The molecule has 0 saturated carbocycles. The molecule has 2 heterocycles. The Kier molecular flexibility index (Phi) is 3.51. The predicted molar refractivity (Wildman–Crippen MR) is 91.3 cm³/mol. The number of nitrogens with zero attached hydrogens (tertiary/aromatic N) is 4. The lowest BCUT2D eigenvalue weighted by Crippen LogP contribution is -2.24. The normalized spacial score (nSPS) is 11.4. The third kappa shape index (κ3) is 2.52. The smallest absolute Gasteiger partial charge is 0.325 e. The second-order valence-electron chi connectivity index (χ2n) is 5.16. The van der Waals surface area contributed by atoms with Gasteiger partial charge in [-0.25, -0.2) is 0 Å². The molecule has 0 aliphatic rings. The molecule has 4 rings (SSSR count). The number of ether oxygens (including phenoxy) is 1. The number of rotatable bonds is 4. The van der Waals surface area contributed by atoms with Crippen molar-refractivity contribution in [3.63, 3.8) is 0 Å². The summed E-state index contributed by atoms with van der Waals surface area (Å²) >= 11 is 0. The maximum Gasteiger partial charge on any atom is 0.325 e. The summed E-state index contributed by atoms with van der Waals surface area (Å²) in [5, 5.41) is 17.6. The van der Waals surface area contributed by atoms with Gasteiger partial charge in [-0.1, -0.05) is 35.4 Å². The topological polar surface area (TPSA) is 79.3 Å². The predicted octanol–water partition coefficient (Wildman–Crippen LogP) is 2.15. The Bertz CT molecular complexity index is 1040. The molecule has 0 aliphatic carbocycles. The Morgan fingerprint density at radius 2 is 2.08 bits per heavy atom. The van der Waals surface area contributed by atoms with Gasteiger partial charge in [-0.15, -0.1) is 9.61 Å². The molecular weight excluding hydrogens is 304 g/mol. The zero-order valence-corrected chi connectivity index (χ0v) is 13.0. The summed E-state index contributed by atoms with van der Waals surface area (Å²) in [4.78, 5) is 0. The maximum absolute atomic E-state index is 5.45. The summed E-state index contributed by atoms with van der Waals surface area (Å²) < 4.78 is 7.09. The molecule has 2 aromatic carbocycles. The summed E-state index contributed by atoms with van der Waals surface area (Å²) in [6.07, 6.45) is 3.41. The number of aromatic nitrogens is 4. The Balaban J connectivity index is 1.66. The van der Waals surface area contributed by atoms with Gasteiger partial charge in [0, 0.05) is 16.7 Å². The molecule has 7 nitrogen and oxygen atoms in total. The fraction of sp³-hybridized carbons (Fsp3) is 0.0588. The summed E-state index contributed by atoms with van der Waals surface area (Å²) in [6, 6.07) is 15.7. The number of fused-ring (bicyclic) bond motifs is 2. The van der Waals surface area contributed by atoms with E-state index in [1.807, 2.05) is 42.5 Å². The van der Waals surface area contributed by atoms with Crippen molar-refractivity contribution < 1.29 is 9.25 Å². The zero-order valence-electron chi connectivity index (χ0n) is 13.0. The first-order chi connectivity index (χ1) is 11.8. The van der Waals surface area contributed by atoms with E-state index < -0.39 is 0 Å². The van der Waals surface area contributed by atoms with E-state index in [4.69, 9.17) is 4.74 Å². The first-order valence-electron chi connectivity index (χ1n) is 7.42. The van der Waals surface area contributed by atoms with Crippen LogP contribution < -0.4 is 14.7 Å². The lowest BCUT2D eigenvalue weighted by atomic mass is 10.0. The first-order valence-corrected chi connectivity index (χ1v) is 7.42. The van der Waals surface area contributed by atoms with Gasteiger partial charge in [0.05, 0.1) is 13.3 Å². The van der Waals surface area contributed by atoms with Crippen molar-refractivity contribution in [3.8, 4) is 5.75 Å². The summed E-state index contributed by atoms with van der Waals surface area (Å²) in [7, 11) is 1.65. The van der Waals surface area contributed by atoms with Gasteiger partial charge in [0.1, 0.15) is 5.75 Å². The van der Waals surface area contributed by atoms with Crippen LogP contribution in [0.15, 0.2) is 60.0 Å². The largest absolute Gasteiger partial charge is 0.496 e. The van der Waals surface area contributed by atoms with Crippen LogP contribution in [-0.2, 0) is 0 Å². The second kappa shape index (κ2) is 5.96. The summed E-state index contributed by atoms with van der Waals surface area (Å²) in [5.41, 5.74) is 4.58. The molecule has 24 heavy (non-hydrogen) atoms. The molecule has 0 fully saturated rings. The number of H-pyrrole nitrogens is 1. The van der Waals surface area contributed by atoms with Gasteiger partial charge in [-0.3, -0.25) is 5.43 Å². The molecule has 0 atom stereocenters. The fourth-order valence-electron chi connectivity index (χ4n) is 2.57. The first kappa shape index (κ1) is 14.1. The van der Waals surface area contributed by atoms with Crippen LogP contribution in [0.25, 0.3) is 16.4 Å². The van der Waals surface area contributed by atoms with Crippen LogP contribution in [0, 0.1) is 0 Å². The molecule has 0 bridgehead atoms. The Morgan fingerprint density at radius 3 is 3.00 bits per heavy atom. The van der Waals surface area contributed by atoms with Crippen LogP contribution >= 0.6 is 0 Å². The average molecular weight is 319 g/mol. The molecule has 0 unspecified atom stereocenters. The van der Waals surface area contributed by atoms with Crippen molar-refractivity contribution in [2.75, 3.05) is 12.5 Å². The minimum absolute atomic E-state index is 0.615. The molecule has 0 radical (unpaired) electrons. The molecule has 2 aromatic heterocycles. The van der Waals surface area contributed by atoms with Crippen molar-refractivity contribution >= 4 is 28.5 Å². The summed E-state index contributed by atoms with van der Waals surface area (Å²) in [6.45, 7) is 0. The third-order valence-corrected chi connectivity index (χ3v) is 3.72. The SMILES string of the molecule is COc1ccc2ccccc2c1/C=N/Nc1ccc2n[nH]c[n+]2n1. The van der Waals surface area contributed by atoms with E-state index in [1.54, 1.807) is 24.2 Å². The van der Waals surface area contributed by atoms with Gasteiger partial charge in [0.15, 0.2) is 5.82 Å². The molecule has 0 spiro atoms. The molecule has 0 aliphatic heterocycles. The highest BCUT2D eigenvalue weighted by Crippen LogP contribution is 2.26. The molecule has 2 N–H and O–H groups in total. The van der Waals surface area contributed by atoms with Gasteiger partial charge < -0.3 is 4.74 Å². The van der Waals surface area contributed by atoms with Gasteiger partial charge in [0.2, 0.25) is 6.33 Å². The molecule has 118 valence electrons. The van der Waals surface area contributed by atoms with Crippen LogP contribution in [0.2, 0.25) is 0 Å². The molecule has 7 heteroatoms. The van der Waals surface area contributed by atoms with Gasteiger partial charge >= 0.3 is 5.65 Å². The standard InChI is InChI=1S/C17H14N6O/c1-24-15-7-6-12-4-2-3-5-13(12)14(15)10-18-20-16-8-9-17-21-19-11-23(17)22-16/h2-11H,1H3,(H,20,22)/p+1/b18-10+. The van der Waals surface area contributed by atoms with Gasteiger partial charge in [-0.05, 0) is 22.9 Å². The lowest BCUT2D eigenvalue weighted by Gasteiger charge is -2.08. The van der Waals surface area contributed by atoms with E-state index in [0.29, 0.717) is 5.82 Å². The number of nitrogens with one attached hydrogen (secondary N) is 2. The number of hydrazone groups is 1. The molecule has 0 saturated heterocycles. The van der Waals surface area contributed by atoms with E-state index in [2.05, 4.69) is 31.9 Å². The molecule has 4 aromatic rings. The van der Waals surface area contributed by atoms with Crippen LogP contribution in [0.1, 0.15) is 5.56 Å². The van der Waals surface area contributed by atoms with E-state index >= 15 is 0 Å². The minimum atomic E-state index is 0.615. The van der Waals surface area contributed by atoms with Crippen molar-refractivity contribution in [1.29, 1.82) is 0 Å². The quantitative estimate of drug-likeness (QED) is 0.343. The lowest BCUT2D eigenvalue weighted by molar-refractivity contribution is -0.579. The van der Waals surface area contributed by atoms with Gasteiger partial charge in [0.25, 0.3) is 0 Å². The number of hydrogen-bond donors (Lipinski definition) is 2. The van der Waals surface area contributed by atoms with E-state index in [0.717, 1.165) is 27.7 Å². The molecule has 0 amide bonds. The number of aromatic amines is 1. The zero-order chi connectivity index (χ0) is 16.4. The van der Waals surface area contributed by atoms with Crippen LogP contribution in [0.4, 0.5) is 5.82 Å². The number of methoxy groups -OCH3 is 1. The van der Waals surface area contributed by atoms with E-state index in [9.17, 15) is 0 Å². The maximum atomic E-state index is 5.45. The highest BCUT2D eigenvalue weighted by atomic mass is 16.5. The second-order valence-corrected chi connectivity index (χ2v) is 5.16. The van der Waals surface area contributed by atoms with Crippen molar-refractivity contribution in [1.82, 2.24) is 15.3 Å². The monoisotopic (exact) mass is 319 g/mol. The van der Waals surface area contributed by atoms with Crippen molar-refractivity contribution in [2.24, 2.45) is 5.10 Å². The number of benzene rings is 2. The Labute approximate surface area is 137 Å². The van der Waals surface area contributed by atoms with Gasteiger partial charge in [-0.2, -0.15) is 5.10 Å². The summed E-state index contributed by atoms with van der Waals surface area (Å²) in [5.74, 6) is 1.39. The Hall–Kier alpha value is -3.48. The van der Waals surface area contributed by atoms with E-state index in [1.165, 1.54) is 0 Å². The fourth-order valence-corrected chi connectivity index (χ4v) is 2.57. The number of anilines is 1.